The van der Waals surface area contributed by atoms with Crippen molar-refractivity contribution in [2.75, 3.05) is 13.1 Å². The molecule has 0 saturated heterocycles. The van der Waals surface area contributed by atoms with Crippen LogP contribution in [0.4, 0.5) is 18.0 Å². The van der Waals surface area contributed by atoms with Gasteiger partial charge in [0, 0.05) is 17.8 Å². The lowest BCUT2D eigenvalue weighted by atomic mass is 9.93. The molecule has 0 aliphatic carbocycles. The third kappa shape index (κ3) is 5.90. The van der Waals surface area contributed by atoms with Crippen LogP contribution in [0.3, 0.4) is 0 Å². The highest BCUT2D eigenvalue weighted by Gasteiger charge is 2.35. The SMILES string of the molecule is C=C1C2=C(CN(C(=O)Oc3ccc(CC(F)(F)F)cc3)CC2)N=C(C)N1C(c1ccccc1)c1ccccc1. The Kier molecular flexibility index (Phi) is 7.28. The van der Waals surface area contributed by atoms with Gasteiger partial charge in [-0.2, -0.15) is 13.2 Å². The molecule has 0 saturated carbocycles. The fourth-order valence-electron chi connectivity index (χ4n) is 5.08. The van der Waals surface area contributed by atoms with Crippen molar-refractivity contribution in [2.24, 2.45) is 4.99 Å². The van der Waals surface area contributed by atoms with E-state index in [0.717, 1.165) is 33.9 Å². The van der Waals surface area contributed by atoms with Gasteiger partial charge in [0.15, 0.2) is 0 Å². The van der Waals surface area contributed by atoms with E-state index in [1.807, 2.05) is 43.3 Å². The van der Waals surface area contributed by atoms with E-state index >= 15 is 0 Å². The lowest BCUT2D eigenvalue weighted by Gasteiger charge is -2.41. The molecule has 0 spiro atoms. The number of halogens is 3. The molecule has 39 heavy (non-hydrogen) atoms. The number of amides is 1. The van der Waals surface area contributed by atoms with E-state index < -0.39 is 18.7 Å². The first-order chi connectivity index (χ1) is 18.7. The summed E-state index contributed by atoms with van der Waals surface area (Å²) in [6.45, 7) is 7.05. The third-order valence-corrected chi connectivity index (χ3v) is 6.89. The maximum absolute atomic E-state index is 12.9. The summed E-state index contributed by atoms with van der Waals surface area (Å²) in [4.78, 5) is 21.5. The second kappa shape index (κ2) is 10.8. The number of nitrogens with zero attached hydrogens (tertiary/aromatic N) is 3. The minimum absolute atomic E-state index is 0.106. The van der Waals surface area contributed by atoms with Gasteiger partial charge in [0.1, 0.15) is 11.6 Å². The molecule has 0 bridgehead atoms. The number of carbonyl (C=O) groups excluding carboxylic acids is 1. The lowest BCUT2D eigenvalue weighted by molar-refractivity contribution is -0.127. The molecule has 5 nitrogen and oxygen atoms in total. The first kappa shape index (κ1) is 26.3. The van der Waals surface area contributed by atoms with Gasteiger partial charge in [-0.25, -0.2) is 9.79 Å². The number of aliphatic imine (C=N–C) groups is 1. The maximum atomic E-state index is 12.9. The van der Waals surface area contributed by atoms with Crippen molar-refractivity contribution in [3.63, 3.8) is 0 Å². The van der Waals surface area contributed by atoms with Crippen LogP contribution < -0.4 is 4.74 Å². The topological polar surface area (TPSA) is 45.1 Å². The number of hydrogen-bond acceptors (Lipinski definition) is 4. The van der Waals surface area contributed by atoms with Crippen molar-refractivity contribution in [3.05, 3.63) is 125 Å². The molecule has 1 amide bonds. The Balaban J connectivity index is 1.33. The summed E-state index contributed by atoms with van der Waals surface area (Å²) in [5.41, 5.74) is 4.95. The van der Waals surface area contributed by atoms with Crippen LogP contribution in [0.1, 0.15) is 36.1 Å². The smallest absolute Gasteiger partial charge is 0.410 e. The van der Waals surface area contributed by atoms with Crippen LogP contribution in [-0.4, -0.2) is 41.0 Å². The average Bonchev–Trinajstić information content (AvgIpc) is 2.92. The fourth-order valence-corrected chi connectivity index (χ4v) is 5.08. The Labute approximate surface area is 225 Å². The summed E-state index contributed by atoms with van der Waals surface area (Å²) >= 11 is 0. The normalized spacial score (nSPS) is 15.8. The molecule has 0 unspecified atom stereocenters. The van der Waals surface area contributed by atoms with Gasteiger partial charge in [-0.15, -0.1) is 0 Å². The summed E-state index contributed by atoms with van der Waals surface area (Å²) in [7, 11) is 0. The van der Waals surface area contributed by atoms with E-state index in [2.05, 4.69) is 35.7 Å². The van der Waals surface area contributed by atoms with Gasteiger partial charge < -0.3 is 14.5 Å². The third-order valence-electron chi connectivity index (χ3n) is 6.89. The van der Waals surface area contributed by atoms with Crippen LogP contribution >= 0.6 is 0 Å². The summed E-state index contributed by atoms with van der Waals surface area (Å²) < 4.78 is 43.3. The van der Waals surface area contributed by atoms with Crippen LogP contribution in [0.5, 0.6) is 5.75 Å². The van der Waals surface area contributed by atoms with Crippen molar-refractivity contribution in [2.45, 2.75) is 32.0 Å². The number of benzene rings is 3. The molecular weight excluding hydrogens is 503 g/mol. The number of amidine groups is 1. The molecule has 0 fully saturated rings. The molecule has 8 heteroatoms. The monoisotopic (exact) mass is 531 g/mol. The van der Waals surface area contributed by atoms with E-state index in [0.29, 0.717) is 13.0 Å². The molecule has 0 radical (unpaired) electrons. The minimum atomic E-state index is -4.29. The van der Waals surface area contributed by atoms with Crippen molar-refractivity contribution in [1.82, 2.24) is 9.80 Å². The van der Waals surface area contributed by atoms with Gasteiger partial charge in [0.05, 0.1) is 24.7 Å². The molecule has 3 aromatic carbocycles. The van der Waals surface area contributed by atoms with Crippen LogP contribution in [0.25, 0.3) is 0 Å². The molecule has 5 rings (SSSR count). The van der Waals surface area contributed by atoms with Crippen molar-refractivity contribution in [1.29, 1.82) is 0 Å². The van der Waals surface area contributed by atoms with Gasteiger partial charge in [0.2, 0.25) is 0 Å². The zero-order valence-corrected chi connectivity index (χ0v) is 21.5. The standard InChI is InChI=1S/C31H28F3N3O2/c1-21-27-17-18-36(30(38)39-26-15-13-23(14-16-26)19-31(32,33)34)20-28(27)35-22(2)37(21)29(24-9-5-3-6-10-24)25-11-7-4-8-12-25/h3-16,29H,1,17-20H2,2H3. The summed E-state index contributed by atoms with van der Waals surface area (Å²) in [6, 6.07) is 25.7. The molecule has 200 valence electrons. The van der Waals surface area contributed by atoms with E-state index in [4.69, 9.17) is 9.73 Å². The Bertz CT molecular complexity index is 1380. The number of hydrogen-bond donors (Lipinski definition) is 0. The zero-order valence-electron chi connectivity index (χ0n) is 21.5. The number of rotatable bonds is 5. The van der Waals surface area contributed by atoms with Crippen LogP contribution in [0.2, 0.25) is 0 Å². The number of carbonyl (C=O) groups is 1. The van der Waals surface area contributed by atoms with Crippen molar-refractivity contribution >= 4 is 11.9 Å². The molecule has 0 N–H and O–H groups in total. The van der Waals surface area contributed by atoms with E-state index in [1.54, 1.807) is 4.90 Å². The Morgan fingerprint density at radius 1 is 0.974 bits per heavy atom. The van der Waals surface area contributed by atoms with Gasteiger partial charge in [-0.1, -0.05) is 79.4 Å². The molecule has 3 aromatic rings. The Morgan fingerprint density at radius 2 is 1.56 bits per heavy atom. The van der Waals surface area contributed by atoms with E-state index in [-0.39, 0.29) is 23.9 Å². The quantitative estimate of drug-likeness (QED) is 0.347. The predicted octanol–water partition coefficient (Wildman–Crippen LogP) is 7.29. The lowest BCUT2D eigenvalue weighted by Crippen LogP contribution is -2.43. The number of ether oxygens (including phenoxy) is 1. The zero-order chi connectivity index (χ0) is 27.6. The van der Waals surface area contributed by atoms with Crippen LogP contribution in [0.15, 0.2) is 113 Å². The summed E-state index contributed by atoms with van der Waals surface area (Å²) in [5.74, 6) is 0.963. The van der Waals surface area contributed by atoms with E-state index in [9.17, 15) is 18.0 Å². The van der Waals surface area contributed by atoms with E-state index in [1.165, 1.54) is 24.3 Å². The molecular formula is C31H28F3N3O2. The largest absolute Gasteiger partial charge is 0.415 e. The molecule has 2 aliphatic rings. The first-order valence-corrected chi connectivity index (χ1v) is 12.7. The van der Waals surface area contributed by atoms with Crippen LogP contribution in [-0.2, 0) is 6.42 Å². The first-order valence-electron chi connectivity index (χ1n) is 12.7. The summed E-state index contributed by atoms with van der Waals surface area (Å²) in [5, 5.41) is 0. The molecule has 2 heterocycles. The highest BCUT2D eigenvalue weighted by atomic mass is 19.4. The highest BCUT2D eigenvalue weighted by Crippen LogP contribution is 2.39. The fraction of sp³-hybridized carbons (Fsp3) is 0.226. The van der Waals surface area contributed by atoms with Gasteiger partial charge in [-0.05, 0) is 42.2 Å². The molecule has 2 aliphatic heterocycles. The minimum Gasteiger partial charge on any atom is -0.410 e. The predicted molar refractivity (Wildman–Crippen MR) is 144 cm³/mol. The molecule has 0 aromatic heterocycles. The van der Waals surface area contributed by atoms with Crippen LogP contribution in [0, 0.1) is 0 Å². The highest BCUT2D eigenvalue weighted by molar-refractivity contribution is 5.86. The summed E-state index contributed by atoms with van der Waals surface area (Å²) in [6.07, 6.45) is -5.34. The van der Waals surface area contributed by atoms with Crippen molar-refractivity contribution in [3.8, 4) is 5.75 Å². The molecule has 0 atom stereocenters. The van der Waals surface area contributed by atoms with Crippen molar-refractivity contribution < 1.29 is 22.7 Å². The second-order valence-electron chi connectivity index (χ2n) is 9.60. The number of alkyl halides is 3. The number of allylic oxidation sites excluding steroid dienone is 1. The van der Waals surface area contributed by atoms with Gasteiger partial charge in [0.25, 0.3) is 0 Å². The second-order valence-corrected chi connectivity index (χ2v) is 9.60. The Hall–Kier alpha value is -4.33. The maximum Gasteiger partial charge on any atom is 0.415 e. The van der Waals surface area contributed by atoms with Gasteiger partial charge >= 0.3 is 12.3 Å². The average molecular weight is 532 g/mol. The van der Waals surface area contributed by atoms with Gasteiger partial charge in [-0.3, -0.25) is 0 Å². The Morgan fingerprint density at radius 3 is 2.13 bits per heavy atom.